The van der Waals surface area contributed by atoms with Crippen molar-refractivity contribution in [3.8, 4) is 0 Å². The predicted molar refractivity (Wildman–Crippen MR) is 101 cm³/mol. The number of benzene rings is 1. The van der Waals surface area contributed by atoms with Crippen molar-refractivity contribution in [3.63, 3.8) is 0 Å². The van der Waals surface area contributed by atoms with Gasteiger partial charge in [0.25, 0.3) is 17.7 Å². The third-order valence-electron chi connectivity index (χ3n) is 4.44. The van der Waals surface area contributed by atoms with Gasteiger partial charge in [0.1, 0.15) is 6.54 Å². The summed E-state index contributed by atoms with van der Waals surface area (Å²) in [4.78, 5) is 51.2. The fourth-order valence-electron chi connectivity index (χ4n) is 2.84. The number of carbonyl (C=O) groups is 4. The van der Waals surface area contributed by atoms with Crippen LogP contribution in [0.2, 0.25) is 0 Å². The maximum Gasteiger partial charge on any atom is 0.325 e. The first-order valence-electron chi connectivity index (χ1n) is 9.14. The normalized spacial score (nSPS) is 13.7. The standard InChI is InChI=1S/C20H21N3O6/c24-17(14-29-18(25)13-21-19(26)15-5-2-1-3-6-15)22-8-10-23(11-9-22)20(27)16-7-4-12-28-16/h1-7,12H,8-11,13-14H2,(H,21,26). The van der Waals surface area contributed by atoms with Crippen LogP contribution in [0.3, 0.4) is 0 Å². The van der Waals surface area contributed by atoms with Crippen molar-refractivity contribution in [2.45, 2.75) is 0 Å². The van der Waals surface area contributed by atoms with E-state index in [4.69, 9.17) is 9.15 Å². The molecule has 152 valence electrons. The Morgan fingerprint density at radius 1 is 0.931 bits per heavy atom. The Kier molecular flexibility index (Phi) is 6.62. The van der Waals surface area contributed by atoms with Gasteiger partial charge in [-0.05, 0) is 24.3 Å². The van der Waals surface area contributed by atoms with E-state index in [1.807, 2.05) is 0 Å². The van der Waals surface area contributed by atoms with Gasteiger partial charge >= 0.3 is 5.97 Å². The zero-order chi connectivity index (χ0) is 20.6. The molecule has 9 nitrogen and oxygen atoms in total. The van der Waals surface area contributed by atoms with Crippen LogP contribution in [0.4, 0.5) is 0 Å². The summed E-state index contributed by atoms with van der Waals surface area (Å²) < 4.78 is 10.0. The number of nitrogens with one attached hydrogen (secondary N) is 1. The second kappa shape index (κ2) is 9.54. The van der Waals surface area contributed by atoms with Crippen LogP contribution in [0, 0.1) is 0 Å². The molecule has 9 heteroatoms. The first kappa shape index (κ1) is 20.1. The van der Waals surface area contributed by atoms with Crippen molar-refractivity contribution >= 4 is 23.7 Å². The highest BCUT2D eigenvalue weighted by atomic mass is 16.5. The number of esters is 1. The molecule has 2 aromatic rings. The summed E-state index contributed by atoms with van der Waals surface area (Å²) in [5.74, 6) is -1.41. The molecular weight excluding hydrogens is 378 g/mol. The van der Waals surface area contributed by atoms with Crippen LogP contribution in [-0.2, 0) is 14.3 Å². The van der Waals surface area contributed by atoms with Gasteiger partial charge in [0.2, 0.25) is 0 Å². The number of rotatable bonds is 6. The molecule has 1 aliphatic heterocycles. The molecule has 1 saturated heterocycles. The highest BCUT2D eigenvalue weighted by Crippen LogP contribution is 2.09. The van der Waals surface area contributed by atoms with E-state index >= 15 is 0 Å². The molecule has 0 aliphatic carbocycles. The lowest BCUT2D eigenvalue weighted by molar-refractivity contribution is -0.151. The molecule has 0 radical (unpaired) electrons. The molecule has 1 fully saturated rings. The van der Waals surface area contributed by atoms with Gasteiger partial charge in [-0.25, -0.2) is 0 Å². The Hall–Kier alpha value is -3.62. The molecule has 0 bridgehead atoms. The first-order valence-corrected chi connectivity index (χ1v) is 9.14. The Labute approximate surface area is 167 Å². The number of ether oxygens (including phenoxy) is 1. The molecule has 1 aliphatic rings. The average molecular weight is 399 g/mol. The van der Waals surface area contributed by atoms with Gasteiger partial charge in [-0.1, -0.05) is 18.2 Å². The molecule has 1 N–H and O–H groups in total. The van der Waals surface area contributed by atoms with Crippen LogP contribution < -0.4 is 5.32 Å². The van der Waals surface area contributed by atoms with E-state index in [1.54, 1.807) is 47.4 Å². The summed E-state index contributed by atoms with van der Waals surface area (Å²) in [7, 11) is 0. The Morgan fingerprint density at radius 3 is 2.28 bits per heavy atom. The van der Waals surface area contributed by atoms with Gasteiger partial charge in [0.05, 0.1) is 6.26 Å². The van der Waals surface area contributed by atoms with E-state index in [-0.39, 0.29) is 24.1 Å². The minimum absolute atomic E-state index is 0.220. The molecule has 0 unspecified atom stereocenters. The highest BCUT2D eigenvalue weighted by molar-refractivity contribution is 5.96. The summed E-state index contributed by atoms with van der Waals surface area (Å²) >= 11 is 0. The predicted octanol–water partition coefficient (Wildman–Crippen LogP) is 0.537. The van der Waals surface area contributed by atoms with Crippen LogP contribution in [-0.4, -0.2) is 72.8 Å². The monoisotopic (exact) mass is 399 g/mol. The van der Waals surface area contributed by atoms with Gasteiger partial charge in [-0.15, -0.1) is 0 Å². The average Bonchev–Trinajstić information content (AvgIpc) is 3.31. The topological polar surface area (TPSA) is 109 Å². The summed E-state index contributed by atoms with van der Waals surface area (Å²) in [5, 5.41) is 2.44. The third kappa shape index (κ3) is 5.44. The molecular formula is C20H21N3O6. The van der Waals surface area contributed by atoms with Crippen LogP contribution in [0.15, 0.2) is 53.1 Å². The number of hydrogen-bond donors (Lipinski definition) is 1. The van der Waals surface area contributed by atoms with E-state index in [2.05, 4.69) is 5.32 Å². The van der Waals surface area contributed by atoms with Crippen molar-refractivity contribution in [2.24, 2.45) is 0 Å². The lowest BCUT2D eigenvalue weighted by Gasteiger charge is -2.34. The lowest BCUT2D eigenvalue weighted by atomic mass is 10.2. The smallest absolute Gasteiger partial charge is 0.325 e. The number of nitrogens with zero attached hydrogens (tertiary/aromatic N) is 2. The van der Waals surface area contributed by atoms with E-state index in [9.17, 15) is 19.2 Å². The minimum atomic E-state index is -0.700. The molecule has 2 heterocycles. The van der Waals surface area contributed by atoms with Crippen LogP contribution in [0.5, 0.6) is 0 Å². The highest BCUT2D eigenvalue weighted by Gasteiger charge is 2.26. The number of carbonyl (C=O) groups excluding carboxylic acids is 4. The first-order chi connectivity index (χ1) is 14.0. The molecule has 0 spiro atoms. The van der Waals surface area contributed by atoms with Crippen molar-refractivity contribution in [3.05, 3.63) is 60.1 Å². The fourth-order valence-corrected chi connectivity index (χ4v) is 2.84. The lowest BCUT2D eigenvalue weighted by Crippen LogP contribution is -2.51. The van der Waals surface area contributed by atoms with E-state index in [1.165, 1.54) is 11.2 Å². The molecule has 3 rings (SSSR count). The van der Waals surface area contributed by atoms with Crippen LogP contribution >= 0.6 is 0 Å². The molecule has 0 atom stereocenters. The number of piperazine rings is 1. The molecule has 29 heavy (non-hydrogen) atoms. The summed E-state index contributed by atoms with van der Waals surface area (Å²) in [6.07, 6.45) is 1.43. The van der Waals surface area contributed by atoms with Gasteiger partial charge in [-0.2, -0.15) is 0 Å². The van der Waals surface area contributed by atoms with Gasteiger partial charge in [0, 0.05) is 31.7 Å². The Bertz CT molecular complexity index is 858. The van der Waals surface area contributed by atoms with Gasteiger partial charge in [0.15, 0.2) is 12.4 Å². The van der Waals surface area contributed by atoms with Crippen LogP contribution in [0.25, 0.3) is 0 Å². The molecule has 1 aromatic carbocycles. The molecule has 1 aromatic heterocycles. The number of furan rings is 1. The van der Waals surface area contributed by atoms with Gasteiger partial charge < -0.3 is 24.3 Å². The summed E-state index contributed by atoms with van der Waals surface area (Å²) in [6.45, 7) is 0.679. The second-order valence-corrected chi connectivity index (χ2v) is 6.36. The SMILES string of the molecule is O=C(CNC(=O)c1ccccc1)OCC(=O)N1CCN(C(=O)c2ccco2)CC1. The maximum atomic E-state index is 12.2. The van der Waals surface area contributed by atoms with Crippen molar-refractivity contribution in [1.29, 1.82) is 0 Å². The fraction of sp³-hybridized carbons (Fsp3) is 0.300. The Balaban J connectivity index is 1.36. The van der Waals surface area contributed by atoms with Crippen LogP contribution in [0.1, 0.15) is 20.9 Å². The van der Waals surface area contributed by atoms with Gasteiger partial charge in [-0.3, -0.25) is 19.2 Å². The quantitative estimate of drug-likeness (QED) is 0.710. The zero-order valence-corrected chi connectivity index (χ0v) is 15.7. The number of hydrogen-bond acceptors (Lipinski definition) is 6. The molecule has 3 amide bonds. The second-order valence-electron chi connectivity index (χ2n) is 6.36. The van der Waals surface area contributed by atoms with E-state index < -0.39 is 18.5 Å². The maximum absolute atomic E-state index is 12.2. The minimum Gasteiger partial charge on any atom is -0.459 e. The van der Waals surface area contributed by atoms with Crippen molar-refractivity contribution in [1.82, 2.24) is 15.1 Å². The van der Waals surface area contributed by atoms with Crippen molar-refractivity contribution in [2.75, 3.05) is 39.3 Å². The summed E-state index contributed by atoms with van der Waals surface area (Å²) in [6, 6.07) is 11.7. The summed E-state index contributed by atoms with van der Waals surface area (Å²) in [5.41, 5.74) is 0.429. The number of amides is 3. The molecule has 0 saturated carbocycles. The zero-order valence-electron chi connectivity index (χ0n) is 15.7. The Morgan fingerprint density at radius 2 is 1.62 bits per heavy atom. The van der Waals surface area contributed by atoms with E-state index in [0.717, 1.165) is 0 Å². The van der Waals surface area contributed by atoms with E-state index in [0.29, 0.717) is 31.7 Å². The van der Waals surface area contributed by atoms with Crippen molar-refractivity contribution < 1.29 is 28.3 Å². The third-order valence-corrected chi connectivity index (χ3v) is 4.44. The largest absolute Gasteiger partial charge is 0.459 e.